The second-order valence-corrected chi connectivity index (χ2v) is 9.13. The van der Waals surface area contributed by atoms with E-state index in [0.29, 0.717) is 26.1 Å². The van der Waals surface area contributed by atoms with Crippen molar-refractivity contribution in [3.8, 4) is 0 Å². The molecule has 0 aliphatic carbocycles. The van der Waals surface area contributed by atoms with E-state index in [4.69, 9.17) is 0 Å². The van der Waals surface area contributed by atoms with Gasteiger partial charge in [0.2, 0.25) is 10.0 Å². The van der Waals surface area contributed by atoms with Gasteiger partial charge in [-0.05, 0) is 50.4 Å². The van der Waals surface area contributed by atoms with E-state index in [1.165, 1.54) is 49.7 Å². The molecule has 1 aromatic carbocycles. The zero-order chi connectivity index (χ0) is 20.2. The molecule has 1 aliphatic heterocycles. The fourth-order valence-electron chi connectivity index (χ4n) is 3.19. The molecule has 1 fully saturated rings. The molecule has 0 saturated carbocycles. The van der Waals surface area contributed by atoms with E-state index in [0.717, 1.165) is 19.0 Å². The van der Waals surface area contributed by atoms with Crippen molar-refractivity contribution in [1.29, 1.82) is 0 Å². The van der Waals surface area contributed by atoms with Crippen LogP contribution >= 0.6 is 0 Å². The highest BCUT2D eigenvalue weighted by atomic mass is 32.2. The summed E-state index contributed by atoms with van der Waals surface area (Å²) in [6.07, 6.45) is 5.87. The number of benzene rings is 1. The number of hydrogen-bond donors (Lipinski definition) is 3. The van der Waals surface area contributed by atoms with Gasteiger partial charge in [0.1, 0.15) is 0 Å². The zero-order valence-electron chi connectivity index (χ0n) is 17.2. The molecule has 8 heteroatoms. The van der Waals surface area contributed by atoms with Gasteiger partial charge >= 0.3 is 0 Å². The third kappa shape index (κ3) is 9.52. The number of nitrogens with zero attached hydrogens (tertiary/aromatic N) is 2. The predicted octanol–water partition coefficient (Wildman–Crippen LogP) is 1.67. The number of nitrogens with one attached hydrogen (secondary N) is 3. The van der Waals surface area contributed by atoms with Gasteiger partial charge in [-0.3, -0.25) is 4.90 Å². The van der Waals surface area contributed by atoms with Crippen LogP contribution in [0.5, 0.6) is 0 Å². The molecule has 1 aliphatic rings. The van der Waals surface area contributed by atoms with E-state index in [1.807, 2.05) is 6.92 Å². The molecular formula is C20H35N5O2S. The number of likely N-dealkylation sites (tertiary alicyclic amines) is 1. The summed E-state index contributed by atoms with van der Waals surface area (Å²) in [5, 5.41) is 6.46. The topological polar surface area (TPSA) is 85.8 Å². The lowest BCUT2D eigenvalue weighted by Gasteiger charge is -2.26. The molecule has 158 valence electrons. The number of piperidine rings is 1. The van der Waals surface area contributed by atoms with Gasteiger partial charge in [0.05, 0.1) is 12.8 Å². The van der Waals surface area contributed by atoms with E-state index in [9.17, 15) is 8.42 Å². The van der Waals surface area contributed by atoms with Gasteiger partial charge in [0, 0.05) is 26.2 Å². The maximum absolute atomic E-state index is 11.1. The first kappa shape index (κ1) is 22.6. The molecule has 0 radical (unpaired) electrons. The molecule has 0 spiro atoms. The Labute approximate surface area is 170 Å². The van der Waals surface area contributed by atoms with Gasteiger partial charge in [0.25, 0.3) is 0 Å². The lowest BCUT2D eigenvalue weighted by atomic mass is 10.1. The van der Waals surface area contributed by atoms with Crippen LogP contribution in [0.4, 0.5) is 0 Å². The van der Waals surface area contributed by atoms with Gasteiger partial charge in [-0.25, -0.2) is 18.1 Å². The average molecular weight is 410 g/mol. The molecule has 1 saturated heterocycles. The Morgan fingerprint density at radius 1 is 1.04 bits per heavy atom. The normalized spacial score (nSPS) is 16.1. The number of sulfonamides is 1. The molecule has 0 unspecified atom stereocenters. The SMILES string of the molecule is CCNC(=NCc1ccc(CN2CCCCC2)cc1)NCCCNS(C)(=O)=O. The van der Waals surface area contributed by atoms with Gasteiger partial charge in [0.15, 0.2) is 5.96 Å². The second kappa shape index (κ2) is 12.0. The standard InChI is InChI=1S/C20H35N5O2S/c1-3-21-20(22-12-7-13-24-28(2,26)27)23-16-18-8-10-19(11-9-18)17-25-14-5-4-6-15-25/h8-11,24H,3-7,12-17H2,1-2H3,(H2,21,22,23). The lowest BCUT2D eigenvalue weighted by molar-refractivity contribution is 0.221. The maximum atomic E-state index is 11.1. The highest BCUT2D eigenvalue weighted by molar-refractivity contribution is 7.88. The van der Waals surface area contributed by atoms with Gasteiger partial charge in [-0.15, -0.1) is 0 Å². The van der Waals surface area contributed by atoms with Crippen molar-refractivity contribution in [2.75, 3.05) is 39.0 Å². The molecule has 0 aromatic heterocycles. The van der Waals surface area contributed by atoms with Gasteiger partial charge in [-0.1, -0.05) is 30.7 Å². The number of guanidine groups is 1. The largest absolute Gasteiger partial charge is 0.357 e. The molecule has 28 heavy (non-hydrogen) atoms. The van der Waals surface area contributed by atoms with Crippen LogP contribution in [0, 0.1) is 0 Å². The van der Waals surface area contributed by atoms with E-state index in [-0.39, 0.29) is 0 Å². The number of rotatable bonds is 10. The van der Waals surface area contributed by atoms with Crippen molar-refractivity contribution in [2.45, 2.75) is 45.7 Å². The van der Waals surface area contributed by atoms with Crippen molar-refractivity contribution in [1.82, 2.24) is 20.3 Å². The highest BCUT2D eigenvalue weighted by Gasteiger charge is 2.10. The average Bonchev–Trinajstić information content (AvgIpc) is 2.67. The highest BCUT2D eigenvalue weighted by Crippen LogP contribution is 2.14. The first-order valence-electron chi connectivity index (χ1n) is 10.2. The summed E-state index contributed by atoms with van der Waals surface area (Å²) in [5.41, 5.74) is 2.54. The first-order chi connectivity index (χ1) is 13.5. The number of aliphatic imine (C=N–C) groups is 1. The Hall–Kier alpha value is -1.64. The number of hydrogen-bond acceptors (Lipinski definition) is 4. The van der Waals surface area contributed by atoms with Crippen molar-refractivity contribution in [3.05, 3.63) is 35.4 Å². The minimum Gasteiger partial charge on any atom is -0.357 e. The maximum Gasteiger partial charge on any atom is 0.208 e. The fourth-order valence-corrected chi connectivity index (χ4v) is 3.71. The molecule has 1 aromatic rings. The summed E-state index contributed by atoms with van der Waals surface area (Å²) < 4.78 is 24.6. The quantitative estimate of drug-likeness (QED) is 0.311. The molecule has 7 nitrogen and oxygen atoms in total. The third-order valence-corrected chi connectivity index (χ3v) is 5.38. The summed E-state index contributed by atoms with van der Waals surface area (Å²) in [7, 11) is -3.12. The van der Waals surface area contributed by atoms with Crippen LogP contribution in [0.15, 0.2) is 29.3 Å². The van der Waals surface area contributed by atoms with E-state index >= 15 is 0 Å². The van der Waals surface area contributed by atoms with Crippen molar-refractivity contribution in [2.24, 2.45) is 4.99 Å². The fraction of sp³-hybridized carbons (Fsp3) is 0.650. The first-order valence-corrected chi connectivity index (χ1v) is 12.1. The van der Waals surface area contributed by atoms with Crippen LogP contribution < -0.4 is 15.4 Å². The minimum absolute atomic E-state index is 0.420. The van der Waals surface area contributed by atoms with Crippen LogP contribution in [0.1, 0.15) is 43.7 Å². The third-order valence-electron chi connectivity index (χ3n) is 4.65. The second-order valence-electron chi connectivity index (χ2n) is 7.30. The van der Waals surface area contributed by atoms with Crippen molar-refractivity contribution < 1.29 is 8.42 Å². The van der Waals surface area contributed by atoms with Crippen LogP contribution in [0.3, 0.4) is 0 Å². The Balaban J connectivity index is 1.77. The molecule has 2 rings (SSSR count). The monoisotopic (exact) mass is 409 g/mol. The van der Waals surface area contributed by atoms with Crippen LogP contribution in [-0.4, -0.2) is 58.3 Å². The van der Waals surface area contributed by atoms with E-state index in [1.54, 1.807) is 0 Å². The van der Waals surface area contributed by atoms with E-state index < -0.39 is 10.0 Å². The molecule has 1 heterocycles. The summed E-state index contributed by atoms with van der Waals surface area (Å²) in [6.45, 7) is 7.95. The lowest BCUT2D eigenvalue weighted by Crippen LogP contribution is -2.38. The van der Waals surface area contributed by atoms with Gasteiger partial charge in [-0.2, -0.15) is 0 Å². The summed E-state index contributed by atoms with van der Waals surface area (Å²) in [5.74, 6) is 0.749. The van der Waals surface area contributed by atoms with E-state index in [2.05, 4.69) is 49.5 Å². The Morgan fingerprint density at radius 2 is 1.71 bits per heavy atom. The molecule has 0 bridgehead atoms. The molecular weight excluding hydrogens is 374 g/mol. The molecule has 0 atom stereocenters. The smallest absolute Gasteiger partial charge is 0.208 e. The van der Waals surface area contributed by atoms with Crippen LogP contribution in [-0.2, 0) is 23.1 Å². The van der Waals surface area contributed by atoms with Crippen molar-refractivity contribution >= 4 is 16.0 Å². The molecule has 3 N–H and O–H groups in total. The summed E-state index contributed by atoms with van der Waals surface area (Å²) >= 11 is 0. The van der Waals surface area contributed by atoms with Gasteiger partial charge < -0.3 is 10.6 Å². The zero-order valence-corrected chi connectivity index (χ0v) is 18.0. The van der Waals surface area contributed by atoms with Crippen molar-refractivity contribution in [3.63, 3.8) is 0 Å². The van der Waals surface area contributed by atoms with Crippen LogP contribution in [0.25, 0.3) is 0 Å². The minimum atomic E-state index is -3.12. The Kier molecular flexibility index (Phi) is 9.73. The summed E-state index contributed by atoms with van der Waals surface area (Å²) in [6, 6.07) is 8.72. The Morgan fingerprint density at radius 3 is 2.36 bits per heavy atom. The Bertz CT molecular complexity index is 698. The predicted molar refractivity (Wildman–Crippen MR) is 116 cm³/mol. The summed E-state index contributed by atoms with van der Waals surface area (Å²) in [4.78, 5) is 7.15. The molecule has 0 amide bonds. The van der Waals surface area contributed by atoms with Crippen LogP contribution in [0.2, 0.25) is 0 Å².